The molecule has 0 aromatic carbocycles. The van der Waals surface area contributed by atoms with E-state index in [1.54, 1.807) is 12.1 Å². The van der Waals surface area contributed by atoms with E-state index in [2.05, 4.69) is 9.36 Å². The number of hydrogen-bond acceptors (Lipinski definition) is 5. The normalized spacial score (nSPS) is 10.2. The molecule has 5 nitrogen and oxygen atoms in total. The molecule has 0 bridgehead atoms. The van der Waals surface area contributed by atoms with E-state index in [-0.39, 0.29) is 5.01 Å². The summed E-state index contributed by atoms with van der Waals surface area (Å²) in [5, 5.41) is 8.54. The Kier molecular flexibility index (Phi) is 1.82. The zero-order valence-corrected chi connectivity index (χ0v) is 7.11. The van der Waals surface area contributed by atoms with Crippen LogP contribution in [0.4, 0.5) is 0 Å². The molecule has 0 saturated carbocycles. The number of rotatable bonds is 2. The standard InChI is InChI=1S/C7H4N2O3S/c10-7(11)6-8-5(9-13-6)4-2-1-3-12-4/h1-3H,(H,10,11). The summed E-state index contributed by atoms with van der Waals surface area (Å²) in [6.07, 6.45) is 1.48. The summed E-state index contributed by atoms with van der Waals surface area (Å²) in [5.41, 5.74) is 0. The van der Waals surface area contributed by atoms with Gasteiger partial charge in [0.25, 0.3) is 0 Å². The Morgan fingerprint density at radius 3 is 3.00 bits per heavy atom. The van der Waals surface area contributed by atoms with Crippen molar-refractivity contribution < 1.29 is 14.3 Å². The highest BCUT2D eigenvalue weighted by molar-refractivity contribution is 7.07. The second-order valence-corrected chi connectivity index (χ2v) is 2.96. The second kappa shape index (κ2) is 2.98. The van der Waals surface area contributed by atoms with Crippen molar-refractivity contribution in [3.05, 3.63) is 23.4 Å². The monoisotopic (exact) mass is 196 g/mol. The molecule has 2 aromatic heterocycles. The Bertz CT molecular complexity index is 421. The molecule has 0 radical (unpaired) electrons. The molecule has 0 aliphatic carbocycles. The lowest BCUT2D eigenvalue weighted by molar-refractivity contribution is 0.0696. The highest BCUT2D eigenvalue weighted by Crippen LogP contribution is 2.17. The Balaban J connectivity index is 2.39. The summed E-state index contributed by atoms with van der Waals surface area (Å²) >= 11 is 0.835. The number of furan rings is 1. The second-order valence-electron chi connectivity index (χ2n) is 2.21. The highest BCUT2D eigenvalue weighted by Gasteiger charge is 2.13. The maximum Gasteiger partial charge on any atom is 0.366 e. The lowest BCUT2D eigenvalue weighted by atomic mass is 10.4. The van der Waals surface area contributed by atoms with Crippen LogP contribution in [-0.2, 0) is 0 Å². The third-order valence-corrected chi connectivity index (χ3v) is 2.05. The van der Waals surface area contributed by atoms with Gasteiger partial charge in [0.15, 0.2) is 5.76 Å². The van der Waals surface area contributed by atoms with Crippen LogP contribution in [0.3, 0.4) is 0 Å². The van der Waals surface area contributed by atoms with Crippen LogP contribution in [0.2, 0.25) is 0 Å². The van der Waals surface area contributed by atoms with Gasteiger partial charge in [-0.2, -0.15) is 4.37 Å². The molecule has 2 aromatic rings. The van der Waals surface area contributed by atoms with Crippen molar-refractivity contribution in [2.75, 3.05) is 0 Å². The van der Waals surface area contributed by atoms with Crippen molar-refractivity contribution in [2.45, 2.75) is 0 Å². The first-order chi connectivity index (χ1) is 6.27. The van der Waals surface area contributed by atoms with Gasteiger partial charge in [0, 0.05) is 0 Å². The van der Waals surface area contributed by atoms with Crippen LogP contribution in [-0.4, -0.2) is 20.4 Å². The summed E-state index contributed by atoms with van der Waals surface area (Å²) in [4.78, 5) is 14.2. The minimum atomic E-state index is -1.07. The van der Waals surface area contributed by atoms with Crippen molar-refractivity contribution in [1.29, 1.82) is 0 Å². The number of carbonyl (C=O) groups is 1. The lowest BCUT2D eigenvalue weighted by Crippen LogP contribution is -1.93. The first kappa shape index (κ1) is 7.93. The quantitative estimate of drug-likeness (QED) is 0.787. The van der Waals surface area contributed by atoms with Gasteiger partial charge in [-0.05, 0) is 23.7 Å². The highest BCUT2D eigenvalue weighted by atomic mass is 32.1. The smallest absolute Gasteiger partial charge is 0.366 e. The zero-order valence-electron chi connectivity index (χ0n) is 6.30. The number of aromatic nitrogens is 2. The van der Waals surface area contributed by atoms with E-state index >= 15 is 0 Å². The maximum absolute atomic E-state index is 10.5. The molecule has 1 N–H and O–H groups in total. The molecule has 0 atom stereocenters. The Hall–Kier alpha value is -1.69. The molecule has 0 amide bonds. The van der Waals surface area contributed by atoms with Crippen LogP contribution in [0, 0.1) is 0 Å². The molecule has 13 heavy (non-hydrogen) atoms. The van der Waals surface area contributed by atoms with E-state index in [9.17, 15) is 4.79 Å². The number of nitrogens with zero attached hydrogens (tertiary/aromatic N) is 2. The van der Waals surface area contributed by atoms with Crippen molar-refractivity contribution in [3.8, 4) is 11.6 Å². The molecule has 0 unspecified atom stereocenters. The predicted molar refractivity (Wildman–Crippen MR) is 44.6 cm³/mol. The van der Waals surface area contributed by atoms with E-state index in [0.717, 1.165) is 11.5 Å². The molecular formula is C7H4N2O3S. The van der Waals surface area contributed by atoms with E-state index in [4.69, 9.17) is 9.52 Å². The van der Waals surface area contributed by atoms with E-state index < -0.39 is 5.97 Å². The van der Waals surface area contributed by atoms with Gasteiger partial charge in [0.2, 0.25) is 10.8 Å². The van der Waals surface area contributed by atoms with Crippen LogP contribution in [0.25, 0.3) is 11.6 Å². The fourth-order valence-corrected chi connectivity index (χ4v) is 1.33. The topological polar surface area (TPSA) is 76.2 Å². The minimum absolute atomic E-state index is 0.0357. The summed E-state index contributed by atoms with van der Waals surface area (Å²) < 4.78 is 8.84. The fourth-order valence-electron chi connectivity index (χ4n) is 0.816. The third-order valence-electron chi connectivity index (χ3n) is 1.35. The van der Waals surface area contributed by atoms with Crippen molar-refractivity contribution in [1.82, 2.24) is 9.36 Å². The number of aromatic carboxylic acids is 1. The van der Waals surface area contributed by atoms with Gasteiger partial charge in [0.1, 0.15) is 0 Å². The summed E-state index contributed by atoms with van der Waals surface area (Å²) in [6.45, 7) is 0. The van der Waals surface area contributed by atoms with Crippen molar-refractivity contribution >= 4 is 17.5 Å². The average Bonchev–Trinajstić information content (AvgIpc) is 2.75. The molecule has 0 saturated heterocycles. The summed E-state index contributed by atoms with van der Waals surface area (Å²) in [7, 11) is 0. The number of carboxylic acid groups (broad SMARTS) is 1. The van der Waals surface area contributed by atoms with Gasteiger partial charge in [-0.3, -0.25) is 0 Å². The zero-order chi connectivity index (χ0) is 9.26. The van der Waals surface area contributed by atoms with Crippen LogP contribution in [0.15, 0.2) is 22.8 Å². The molecule has 66 valence electrons. The first-order valence-electron chi connectivity index (χ1n) is 3.38. The van der Waals surface area contributed by atoms with Gasteiger partial charge < -0.3 is 9.52 Å². The number of hydrogen-bond donors (Lipinski definition) is 1. The largest absolute Gasteiger partial charge is 0.476 e. The molecule has 0 fully saturated rings. The lowest BCUT2D eigenvalue weighted by Gasteiger charge is -1.83. The van der Waals surface area contributed by atoms with E-state index in [1.807, 2.05) is 0 Å². The van der Waals surface area contributed by atoms with Crippen molar-refractivity contribution in [3.63, 3.8) is 0 Å². The maximum atomic E-state index is 10.5. The average molecular weight is 196 g/mol. The van der Waals surface area contributed by atoms with Crippen LogP contribution < -0.4 is 0 Å². The predicted octanol–water partition coefficient (Wildman–Crippen LogP) is 1.50. The van der Waals surface area contributed by atoms with Gasteiger partial charge in [-0.1, -0.05) is 0 Å². The van der Waals surface area contributed by atoms with Gasteiger partial charge in [0.05, 0.1) is 6.26 Å². The fraction of sp³-hybridized carbons (Fsp3) is 0. The minimum Gasteiger partial charge on any atom is -0.476 e. The molecule has 2 rings (SSSR count). The summed E-state index contributed by atoms with van der Waals surface area (Å²) in [6, 6.07) is 3.37. The van der Waals surface area contributed by atoms with Crippen LogP contribution >= 0.6 is 11.5 Å². The first-order valence-corrected chi connectivity index (χ1v) is 4.15. The third kappa shape index (κ3) is 1.43. The van der Waals surface area contributed by atoms with Gasteiger partial charge >= 0.3 is 5.97 Å². The van der Waals surface area contributed by atoms with Crippen molar-refractivity contribution in [2.24, 2.45) is 0 Å². The molecule has 6 heteroatoms. The van der Waals surface area contributed by atoms with Crippen LogP contribution in [0.1, 0.15) is 9.80 Å². The Labute approximate surface area is 76.8 Å². The van der Waals surface area contributed by atoms with Gasteiger partial charge in [-0.15, -0.1) is 0 Å². The van der Waals surface area contributed by atoms with E-state index in [1.165, 1.54) is 6.26 Å². The van der Waals surface area contributed by atoms with Crippen LogP contribution in [0.5, 0.6) is 0 Å². The molecule has 0 spiro atoms. The molecular weight excluding hydrogens is 192 g/mol. The van der Waals surface area contributed by atoms with E-state index in [0.29, 0.717) is 11.6 Å². The molecule has 0 aliphatic heterocycles. The molecule has 2 heterocycles. The Morgan fingerprint density at radius 2 is 2.46 bits per heavy atom. The van der Waals surface area contributed by atoms with Gasteiger partial charge in [-0.25, -0.2) is 9.78 Å². The Morgan fingerprint density at radius 1 is 1.62 bits per heavy atom. The summed E-state index contributed by atoms with van der Waals surface area (Å²) in [5.74, 6) is -0.286. The SMILES string of the molecule is O=C(O)c1nc(-c2ccco2)ns1. The number of carboxylic acids is 1. The molecule has 0 aliphatic rings.